The second kappa shape index (κ2) is 8.60. The molecule has 4 aliphatic rings. The minimum Gasteiger partial charge on any atom is -0.507 e. The van der Waals surface area contributed by atoms with Crippen molar-refractivity contribution in [3.63, 3.8) is 0 Å². The number of benzene rings is 2. The molecular weight excluding hydrogens is 522 g/mol. The number of aromatic hydroxyl groups is 1. The van der Waals surface area contributed by atoms with Crippen LogP contribution in [0.4, 0.5) is 5.69 Å². The number of hydrogen-bond acceptors (Lipinski definition) is 11. The number of primary amides is 1. The number of anilines is 1. The fourth-order valence-corrected chi connectivity index (χ4v) is 6.79. The van der Waals surface area contributed by atoms with Crippen molar-refractivity contribution in [2.24, 2.45) is 35.1 Å². The van der Waals surface area contributed by atoms with Crippen molar-refractivity contribution < 1.29 is 43.7 Å². The van der Waals surface area contributed by atoms with Crippen LogP contribution in [-0.2, 0) is 25.6 Å². The highest BCUT2D eigenvalue weighted by Gasteiger charge is 2.68. The lowest BCUT2D eigenvalue weighted by molar-refractivity contribution is -0.177. The van der Waals surface area contributed by atoms with Gasteiger partial charge in [-0.05, 0) is 48.1 Å². The Morgan fingerprint density at radius 2 is 1.77 bits per heavy atom. The summed E-state index contributed by atoms with van der Waals surface area (Å²) >= 11 is 0. The number of ketones is 4. The van der Waals surface area contributed by atoms with Crippen LogP contribution in [0.2, 0.25) is 0 Å². The van der Waals surface area contributed by atoms with Gasteiger partial charge in [0.05, 0.1) is 17.5 Å². The van der Waals surface area contributed by atoms with E-state index in [0.29, 0.717) is 33.9 Å². The van der Waals surface area contributed by atoms with Crippen LogP contribution in [0.5, 0.6) is 17.2 Å². The molecule has 0 aromatic heterocycles. The molecule has 2 fully saturated rings. The van der Waals surface area contributed by atoms with E-state index >= 15 is 0 Å². The first-order valence-electron chi connectivity index (χ1n) is 12.8. The summed E-state index contributed by atoms with van der Waals surface area (Å²) in [5.74, 6) is -10.5. The molecule has 2 unspecified atom stereocenters. The molecule has 6 rings (SSSR count). The minimum absolute atomic E-state index is 0.0516. The second-order valence-corrected chi connectivity index (χ2v) is 11.0. The number of amides is 1. The Bertz CT molecular complexity index is 1550. The third kappa shape index (κ3) is 3.29. The molecule has 6 N–H and O–H groups in total. The van der Waals surface area contributed by atoms with Gasteiger partial charge < -0.3 is 36.1 Å². The maximum absolute atomic E-state index is 14.1. The Labute approximate surface area is 227 Å². The maximum Gasteiger partial charge on any atom is 0.235 e. The Hall–Kier alpha value is -4.29. The molecule has 1 heterocycles. The Kier molecular flexibility index (Phi) is 5.58. The number of phenols is 1. The van der Waals surface area contributed by atoms with Crippen LogP contribution in [0, 0.1) is 23.7 Å². The minimum atomic E-state index is -2.84. The smallest absolute Gasteiger partial charge is 0.235 e. The van der Waals surface area contributed by atoms with Gasteiger partial charge in [0.2, 0.25) is 12.7 Å². The quantitative estimate of drug-likeness (QED) is 0.367. The molecule has 0 radical (unpaired) electrons. The summed E-state index contributed by atoms with van der Waals surface area (Å²) in [6.45, 7) is 0.0516. The third-order valence-electron chi connectivity index (χ3n) is 8.74. The fraction of sp³-hybridized carbons (Fsp3) is 0.393. The highest BCUT2D eigenvalue weighted by molar-refractivity contribution is 6.32. The van der Waals surface area contributed by atoms with Gasteiger partial charge in [-0.2, -0.15) is 0 Å². The number of aliphatic hydroxyl groups is 1. The fourth-order valence-electron chi connectivity index (χ4n) is 6.79. The number of phenolic OH excluding ortho intramolecular Hbond substituents is 1. The van der Waals surface area contributed by atoms with E-state index in [-0.39, 0.29) is 30.9 Å². The van der Waals surface area contributed by atoms with Crippen LogP contribution >= 0.6 is 0 Å². The van der Waals surface area contributed by atoms with Crippen LogP contribution in [-0.4, -0.2) is 71.8 Å². The molecule has 1 aliphatic heterocycles. The van der Waals surface area contributed by atoms with Crippen molar-refractivity contribution in [3.8, 4) is 28.4 Å². The zero-order chi connectivity index (χ0) is 28.8. The normalized spacial score (nSPS) is 30.4. The number of ether oxygens (including phenoxy) is 2. The standard InChI is InChI=1S/C28H27N3O9/c1-31(2)15-8-12(10-3-4-16-17(7-10)40-9-39-16)22(32)19-13(15)5-11-6-14-21(29)24(34)20(27(30)37)26(36)28(14,38)25(35)18(11)23(19)33/h3-4,7-8,11,14,18,20-21,32,38H,5-6,9,29H2,1-2H3,(H2,30,37)/t11-,14-,18?,20?,21-,28-/m0/s1. The first-order valence-corrected chi connectivity index (χ1v) is 12.8. The number of rotatable bonds is 3. The summed E-state index contributed by atoms with van der Waals surface area (Å²) in [4.78, 5) is 67.6. The van der Waals surface area contributed by atoms with Crippen molar-refractivity contribution in [2.75, 3.05) is 25.8 Å². The van der Waals surface area contributed by atoms with Gasteiger partial charge in [-0.1, -0.05) is 6.07 Å². The first kappa shape index (κ1) is 26.0. The largest absolute Gasteiger partial charge is 0.507 e. The lowest BCUT2D eigenvalue weighted by Gasteiger charge is -2.50. The molecule has 1 amide bonds. The highest BCUT2D eigenvalue weighted by Crippen LogP contribution is 2.52. The highest BCUT2D eigenvalue weighted by atomic mass is 16.7. The van der Waals surface area contributed by atoms with E-state index in [1.165, 1.54) is 0 Å². The predicted octanol–water partition coefficient (Wildman–Crippen LogP) is -0.274. The molecule has 40 heavy (non-hydrogen) atoms. The second-order valence-electron chi connectivity index (χ2n) is 11.0. The summed E-state index contributed by atoms with van der Waals surface area (Å²) in [7, 11) is 3.55. The molecule has 0 saturated heterocycles. The molecule has 3 aliphatic carbocycles. The summed E-state index contributed by atoms with van der Waals surface area (Å²) in [6.07, 6.45) is 0.0423. The number of hydrogen-bond donors (Lipinski definition) is 4. The first-order chi connectivity index (χ1) is 18.9. The average Bonchev–Trinajstić information content (AvgIpc) is 3.37. The van der Waals surface area contributed by atoms with Gasteiger partial charge in [-0.25, -0.2) is 0 Å². The summed E-state index contributed by atoms with van der Waals surface area (Å²) in [5, 5.41) is 22.9. The molecule has 0 bridgehead atoms. The van der Waals surface area contributed by atoms with Crippen molar-refractivity contribution in [3.05, 3.63) is 35.4 Å². The van der Waals surface area contributed by atoms with Gasteiger partial charge in [0.1, 0.15) is 5.75 Å². The number of Topliss-reactive ketones (excluding diaryl/α,β-unsaturated/α-hetero) is 4. The number of nitrogens with two attached hydrogens (primary N) is 2. The predicted molar refractivity (Wildman–Crippen MR) is 138 cm³/mol. The lowest BCUT2D eigenvalue weighted by atomic mass is 9.52. The van der Waals surface area contributed by atoms with E-state index in [9.17, 15) is 34.2 Å². The lowest BCUT2D eigenvalue weighted by Crippen LogP contribution is -2.73. The van der Waals surface area contributed by atoms with Crippen LogP contribution in [0.1, 0.15) is 22.3 Å². The third-order valence-corrected chi connectivity index (χ3v) is 8.74. The van der Waals surface area contributed by atoms with Gasteiger partial charge in [0.25, 0.3) is 0 Å². The van der Waals surface area contributed by atoms with Gasteiger partial charge in [0, 0.05) is 31.3 Å². The maximum atomic E-state index is 14.1. The van der Waals surface area contributed by atoms with E-state index in [1.54, 1.807) is 43.3 Å². The molecule has 0 spiro atoms. The molecule has 12 nitrogen and oxygen atoms in total. The van der Waals surface area contributed by atoms with E-state index in [1.807, 2.05) is 0 Å². The van der Waals surface area contributed by atoms with Crippen molar-refractivity contribution in [1.29, 1.82) is 0 Å². The summed E-state index contributed by atoms with van der Waals surface area (Å²) in [6, 6.07) is 5.28. The molecule has 12 heteroatoms. The zero-order valence-corrected chi connectivity index (χ0v) is 21.7. The topological polar surface area (TPSA) is 200 Å². The van der Waals surface area contributed by atoms with Crippen molar-refractivity contribution in [2.45, 2.75) is 24.5 Å². The Morgan fingerprint density at radius 3 is 2.45 bits per heavy atom. The summed E-state index contributed by atoms with van der Waals surface area (Å²) in [5.41, 5.74) is 10.3. The van der Waals surface area contributed by atoms with Gasteiger partial charge in [0.15, 0.2) is 46.2 Å². The van der Waals surface area contributed by atoms with Crippen LogP contribution < -0.4 is 25.8 Å². The average molecular weight is 550 g/mol. The number of fused-ring (bicyclic) bond motifs is 4. The van der Waals surface area contributed by atoms with Gasteiger partial charge >= 0.3 is 0 Å². The number of nitrogens with zero attached hydrogens (tertiary/aromatic N) is 1. The van der Waals surface area contributed by atoms with Crippen LogP contribution in [0.15, 0.2) is 24.3 Å². The molecule has 2 saturated carbocycles. The van der Waals surface area contributed by atoms with Crippen molar-refractivity contribution >= 4 is 34.7 Å². The monoisotopic (exact) mass is 549 g/mol. The molecule has 2 aromatic rings. The van der Waals surface area contributed by atoms with E-state index in [4.69, 9.17) is 20.9 Å². The molecule has 6 atom stereocenters. The number of carbonyl (C=O) groups is 5. The van der Waals surface area contributed by atoms with E-state index in [0.717, 1.165) is 0 Å². The Morgan fingerprint density at radius 1 is 1.07 bits per heavy atom. The van der Waals surface area contributed by atoms with Gasteiger partial charge in [-0.3, -0.25) is 24.0 Å². The van der Waals surface area contributed by atoms with Crippen LogP contribution in [0.25, 0.3) is 11.1 Å². The number of carbonyl (C=O) groups excluding carboxylic acids is 5. The van der Waals surface area contributed by atoms with E-state index < -0.39 is 64.4 Å². The van der Waals surface area contributed by atoms with E-state index in [2.05, 4.69) is 0 Å². The Balaban J connectivity index is 1.49. The van der Waals surface area contributed by atoms with Gasteiger partial charge in [-0.15, -0.1) is 0 Å². The zero-order valence-electron chi connectivity index (χ0n) is 21.7. The van der Waals surface area contributed by atoms with Crippen LogP contribution in [0.3, 0.4) is 0 Å². The van der Waals surface area contributed by atoms with Crippen molar-refractivity contribution in [1.82, 2.24) is 0 Å². The SMILES string of the molecule is CN(C)c1cc(-c2ccc3c(c2)OCO3)c(O)c2c1C[C@H]1C[C@H]3[C@H](N)C(=O)C(C(N)=O)C(=O)[C@@]3(O)C(=O)C1C2=O. The molecule has 208 valence electrons. The molecular formula is C28H27N3O9. The summed E-state index contributed by atoms with van der Waals surface area (Å²) < 4.78 is 10.8. The molecule has 2 aromatic carbocycles.